The van der Waals surface area contributed by atoms with Gasteiger partial charge < -0.3 is 19.2 Å². The fourth-order valence-corrected chi connectivity index (χ4v) is 4.26. The van der Waals surface area contributed by atoms with Crippen LogP contribution in [0.1, 0.15) is 32.2 Å². The molecule has 1 fully saturated rings. The van der Waals surface area contributed by atoms with E-state index in [-0.39, 0.29) is 19.0 Å². The molecule has 4 aromatic heterocycles. The van der Waals surface area contributed by atoms with Crippen molar-refractivity contribution in [3.8, 4) is 11.5 Å². The summed E-state index contributed by atoms with van der Waals surface area (Å²) in [5, 5.41) is 0.654. The number of aryl methyl sites for hydroxylation is 2. The van der Waals surface area contributed by atoms with Crippen molar-refractivity contribution in [2.75, 3.05) is 26.2 Å². The molecule has 0 aliphatic carbocycles. The van der Waals surface area contributed by atoms with Crippen molar-refractivity contribution in [2.45, 2.75) is 13.8 Å². The van der Waals surface area contributed by atoms with Crippen LogP contribution in [0, 0.1) is 13.8 Å². The van der Waals surface area contributed by atoms with Gasteiger partial charge in [0.1, 0.15) is 17.1 Å². The molecule has 5 heterocycles. The third-order valence-corrected chi connectivity index (χ3v) is 6.05. The van der Waals surface area contributed by atoms with E-state index in [0.717, 1.165) is 11.3 Å². The Kier molecular flexibility index (Phi) is 5.45. The van der Waals surface area contributed by atoms with Gasteiger partial charge in [-0.15, -0.1) is 0 Å². The highest BCUT2D eigenvalue weighted by Gasteiger charge is 2.31. The second-order valence-corrected chi connectivity index (χ2v) is 8.28. The summed E-state index contributed by atoms with van der Waals surface area (Å²) in [6, 6.07) is 8.84. The SMILES string of the molecule is Cc1ccc(-c2ncc(C)c3c(C(=O)C(=O)N4CCN(C(=O)c5ccccn5)CC4)c[nH]c23)o1. The fraction of sp³-hybridized carbons (Fsp3) is 0.240. The number of nitrogens with zero attached hydrogens (tertiary/aromatic N) is 4. The maximum absolute atomic E-state index is 13.2. The molecule has 9 nitrogen and oxygen atoms in total. The number of amides is 2. The lowest BCUT2D eigenvalue weighted by Gasteiger charge is -2.34. The molecule has 34 heavy (non-hydrogen) atoms. The van der Waals surface area contributed by atoms with Crippen LogP contribution in [0.15, 0.2) is 53.3 Å². The van der Waals surface area contributed by atoms with Gasteiger partial charge >= 0.3 is 0 Å². The second-order valence-electron chi connectivity index (χ2n) is 8.28. The van der Waals surface area contributed by atoms with Crippen LogP contribution in [-0.2, 0) is 4.79 Å². The fourth-order valence-electron chi connectivity index (χ4n) is 4.26. The minimum atomic E-state index is -0.591. The minimum absolute atomic E-state index is 0.181. The summed E-state index contributed by atoms with van der Waals surface area (Å²) in [5.74, 6) is -0.0175. The molecular formula is C25H23N5O4. The van der Waals surface area contributed by atoms with Crippen molar-refractivity contribution in [3.05, 3.63) is 71.5 Å². The first kappa shape index (κ1) is 21.6. The number of aromatic nitrogens is 3. The average molecular weight is 457 g/mol. The van der Waals surface area contributed by atoms with E-state index in [9.17, 15) is 14.4 Å². The minimum Gasteiger partial charge on any atom is -0.460 e. The van der Waals surface area contributed by atoms with Gasteiger partial charge in [-0.3, -0.25) is 24.4 Å². The van der Waals surface area contributed by atoms with Crippen LogP contribution in [-0.4, -0.2) is 68.5 Å². The number of furan rings is 1. The molecular weight excluding hydrogens is 434 g/mol. The van der Waals surface area contributed by atoms with Crippen molar-refractivity contribution in [1.29, 1.82) is 0 Å². The van der Waals surface area contributed by atoms with Crippen molar-refractivity contribution in [2.24, 2.45) is 0 Å². The summed E-state index contributed by atoms with van der Waals surface area (Å²) in [4.78, 5) is 53.7. The first-order chi connectivity index (χ1) is 16.4. The number of Topliss-reactive ketones (excluding diaryl/α,β-unsaturated/α-hetero) is 1. The maximum atomic E-state index is 13.2. The highest BCUT2D eigenvalue weighted by atomic mass is 16.3. The third-order valence-electron chi connectivity index (χ3n) is 6.05. The van der Waals surface area contributed by atoms with Crippen LogP contribution in [0.5, 0.6) is 0 Å². The number of carbonyl (C=O) groups excluding carboxylic acids is 3. The Hall–Kier alpha value is -4.27. The number of nitrogens with one attached hydrogen (secondary N) is 1. The summed E-state index contributed by atoms with van der Waals surface area (Å²) >= 11 is 0. The van der Waals surface area contributed by atoms with Gasteiger partial charge in [-0.1, -0.05) is 6.07 Å². The first-order valence-electron chi connectivity index (χ1n) is 11.0. The molecule has 1 aliphatic heterocycles. The van der Waals surface area contributed by atoms with Gasteiger partial charge in [-0.25, -0.2) is 0 Å². The zero-order chi connectivity index (χ0) is 23.8. The van der Waals surface area contributed by atoms with E-state index in [0.29, 0.717) is 46.7 Å². The van der Waals surface area contributed by atoms with Crippen LogP contribution in [0.3, 0.4) is 0 Å². The number of hydrogen-bond donors (Lipinski definition) is 1. The average Bonchev–Trinajstić information content (AvgIpc) is 3.51. The van der Waals surface area contributed by atoms with Gasteiger partial charge in [-0.2, -0.15) is 0 Å². The van der Waals surface area contributed by atoms with Gasteiger partial charge in [0.05, 0.1) is 11.1 Å². The van der Waals surface area contributed by atoms with Gasteiger partial charge in [0.15, 0.2) is 5.76 Å². The highest BCUT2D eigenvalue weighted by Crippen LogP contribution is 2.31. The largest absolute Gasteiger partial charge is 0.460 e. The molecule has 0 unspecified atom stereocenters. The Labute approximate surface area is 195 Å². The number of ketones is 1. The van der Waals surface area contributed by atoms with Gasteiger partial charge in [-0.05, 0) is 43.7 Å². The Morgan fingerprint density at radius 3 is 2.41 bits per heavy atom. The Morgan fingerprint density at radius 1 is 0.971 bits per heavy atom. The van der Waals surface area contributed by atoms with Crippen molar-refractivity contribution in [1.82, 2.24) is 24.8 Å². The van der Waals surface area contributed by atoms with Crippen LogP contribution in [0.2, 0.25) is 0 Å². The van der Waals surface area contributed by atoms with Gasteiger partial charge in [0.25, 0.3) is 17.6 Å². The predicted octanol–water partition coefficient (Wildman–Crippen LogP) is 3.00. The monoisotopic (exact) mass is 457 g/mol. The highest BCUT2D eigenvalue weighted by molar-refractivity contribution is 6.45. The Bertz CT molecular complexity index is 1400. The molecule has 5 rings (SSSR count). The van der Waals surface area contributed by atoms with Crippen LogP contribution in [0.4, 0.5) is 0 Å². The number of pyridine rings is 2. The normalized spacial score (nSPS) is 13.9. The summed E-state index contributed by atoms with van der Waals surface area (Å²) < 4.78 is 5.71. The molecule has 172 valence electrons. The topological polar surface area (TPSA) is 112 Å². The number of aromatic amines is 1. The molecule has 4 aromatic rings. The molecule has 0 saturated carbocycles. The molecule has 2 amide bonds. The first-order valence-corrected chi connectivity index (χ1v) is 11.0. The number of H-pyrrole nitrogens is 1. The summed E-state index contributed by atoms with van der Waals surface area (Å²) in [7, 11) is 0. The molecule has 1 saturated heterocycles. The second kappa shape index (κ2) is 8.58. The lowest BCUT2D eigenvalue weighted by molar-refractivity contribution is -0.127. The number of carbonyl (C=O) groups is 3. The van der Waals surface area contributed by atoms with E-state index in [1.807, 2.05) is 26.0 Å². The molecule has 1 N–H and O–H groups in total. The van der Waals surface area contributed by atoms with E-state index < -0.39 is 11.7 Å². The van der Waals surface area contributed by atoms with Gasteiger partial charge in [0.2, 0.25) is 0 Å². The van der Waals surface area contributed by atoms with Gasteiger partial charge in [0, 0.05) is 50.2 Å². The number of fused-ring (bicyclic) bond motifs is 1. The summed E-state index contributed by atoms with van der Waals surface area (Å²) in [6.45, 7) is 4.94. The van der Waals surface area contributed by atoms with E-state index in [4.69, 9.17) is 4.42 Å². The lowest BCUT2D eigenvalue weighted by Crippen LogP contribution is -2.52. The van der Waals surface area contributed by atoms with Crippen molar-refractivity contribution >= 4 is 28.5 Å². The van der Waals surface area contributed by atoms with Crippen molar-refractivity contribution < 1.29 is 18.8 Å². The lowest BCUT2D eigenvalue weighted by atomic mass is 10.0. The van der Waals surface area contributed by atoms with Crippen LogP contribution in [0.25, 0.3) is 22.4 Å². The number of hydrogen-bond acceptors (Lipinski definition) is 6. The third kappa shape index (κ3) is 3.75. The molecule has 0 radical (unpaired) electrons. The summed E-state index contributed by atoms with van der Waals surface area (Å²) in [6.07, 6.45) is 4.80. The zero-order valence-electron chi connectivity index (χ0n) is 18.9. The van der Waals surface area contributed by atoms with Crippen LogP contribution >= 0.6 is 0 Å². The molecule has 0 spiro atoms. The Balaban J connectivity index is 1.35. The van der Waals surface area contributed by atoms with Crippen molar-refractivity contribution in [3.63, 3.8) is 0 Å². The standard InChI is InChI=1S/C25H23N5O4/c1-15-13-27-21(19-7-6-16(2)34-19)22-20(15)17(14-28-22)23(31)25(33)30-11-9-29(10-12-30)24(32)18-5-3-4-8-26-18/h3-8,13-14,28H,9-12H2,1-2H3. The molecule has 0 bridgehead atoms. The van der Waals surface area contributed by atoms with E-state index >= 15 is 0 Å². The number of rotatable bonds is 4. The van der Waals surface area contributed by atoms with E-state index in [2.05, 4.69) is 15.0 Å². The van der Waals surface area contributed by atoms with E-state index in [1.54, 1.807) is 41.7 Å². The van der Waals surface area contributed by atoms with Crippen LogP contribution < -0.4 is 0 Å². The van der Waals surface area contributed by atoms with E-state index in [1.165, 1.54) is 4.90 Å². The number of piperazine rings is 1. The molecule has 0 aromatic carbocycles. The smallest absolute Gasteiger partial charge is 0.295 e. The molecule has 0 atom stereocenters. The summed E-state index contributed by atoms with van der Waals surface area (Å²) in [5.41, 5.74) is 2.68. The molecule has 9 heteroatoms. The quantitative estimate of drug-likeness (QED) is 0.372. The predicted molar refractivity (Wildman–Crippen MR) is 124 cm³/mol. The Morgan fingerprint density at radius 2 is 1.74 bits per heavy atom. The molecule has 1 aliphatic rings. The maximum Gasteiger partial charge on any atom is 0.295 e. The zero-order valence-corrected chi connectivity index (χ0v) is 18.9.